The lowest BCUT2D eigenvalue weighted by Crippen LogP contribution is -2.11. The van der Waals surface area contributed by atoms with Gasteiger partial charge in [-0.3, -0.25) is 5.43 Å². The number of nitrogens with two attached hydrogens (primary N) is 1. The van der Waals surface area contributed by atoms with Crippen LogP contribution >= 0.6 is 0 Å². The van der Waals surface area contributed by atoms with Crippen molar-refractivity contribution in [1.29, 1.82) is 0 Å². The van der Waals surface area contributed by atoms with E-state index in [9.17, 15) is 8.42 Å². The van der Waals surface area contributed by atoms with Crippen LogP contribution in [-0.2, 0) is 10.0 Å². The number of aromatic nitrogens is 3. The molecule has 5 N–H and O–H groups in total. The molecule has 182 valence electrons. The molecule has 0 aliphatic carbocycles. The Kier molecular flexibility index (Phi) is 8.92. The summed E-state index contributed by atoms with van der Waals surface area (Å²) in [4.78, 5) is 12.8. The fourth-order valence-electron chi connectivity index (χ4n) is 2.65. The lowest BCUT2D eigenvalue weighted by Gasteiger charge is -2.05. The standard InChI is InChI=1S/C22H26N10O2S/c1-3-24-20-26-21(25-4-2)28-22(27-20)32-31-19(15-10-16-8-6-5-7-9-16)30-29-17-11-13-18(14-12-17)35(23,33)34/h5-15,29H,3-4H2,1-2H3,(H2,23,33,34)(H2,24,25,26,27,28)/b15-10+,30-19-,32-31?. The van der Waals surface area contributed by atoms with Crippen molar-refractivity contribution < 1.29 is 8.42 Å². The smallest absolute Gasteiger partial charge is 0.275 e. The summed E-state index contributed by atoms with van der Waals surface area (Å²) in [5.41, 5.74) is 4.30. The van der Waals surface area contributed by atoms with E-state index in [2.05, 4.69) is 46.3 Å². The predicted molar refractivity (Wildman–Crippen MR) is 137 cm³/mol. The molecular weight excluding hydrogens is 468 g/mol. The molecule has 13 heteroatoms. The maximum Gasteiger partial charge on any atom is 0.275 e. The third-order valence-corrected chi connectivity index (χ3v) is 5.17. The van der Waals surface area contributed by atoms with Crippen molar-refractivity contribution in [2.45, 2.75) is 18.7 Å². The fourth-order valence-corrected chi connectivity index (χ4v) is 3.16. The van der Waals surface area contributed by atoms with Crippen LogP contribution in [-0.4, -0.2) is 42.3 Å². The summed E-state index contributed by atoms with van der Waals surface area (Å²) >= 11 is 0. The molecular formula is C22H26N10O2S. The van der Waals surface area contributed by atoms with E-state index in [0.717, 1.165) is 5.56 Å². The monoisotopic (exact) mass is 494 g/mol. The van der Waals surface area contributed by atoms with Gasteiger partial charge in [-0.15, -0.1) is 10.2 Å². The van der Waals surface area contributed by atoms with Gasteiger partial charge in [0.05, 0.1) is 10.6 Å². The number of nitrogens with zero attached hydrogens (tertiary/aromatic N) is 6. The van der Waals surface area contributed by atoms with Crippen LogP contribution in [0.1, 0.15) is 19.4 Å². The number of anilines is 3. The molecule has 1 heterocycles. The second-order valence-corrected chi connectivity index (χ2v) is 8.50. The van der Waals surface area contributed by atoms with E-state index in [0.29, 0.717) is 30.7 Å². The first-order valence-electron chi connectivity index (χ1n) is 10.7. The molecule has 3 aromatic rings. The van der Waals surface area contributed by atoms with E-state index < -0.39 is 10.0 Å². The number of amidine groups is 1. The fraction of sp³-hybridized carbons (Fsp3) is 0.182. The summed E-state index contributed by atoms with van der Waals surface area (Å²) in [7, 11) is -3.78. The number of nitrogens with one attached hydrogen (secondary N) is 3. The van der Waals surface area contributed by atoms with Crippen molar-refractivity contribution in [3.8, 4) is 0 Å². The number of benzene rings is 2. The van der Waals surface area contributed by atoms with E-state index in [1.54, 1.807) is 6.08 Å². The summed E-state index contributed by atoms with van der Waals surface area (Å²) in [6.45, 7) is 5.12. The zero-order valence-electron chi connectivity index (χ0n) is 19.3. The number of hydrogen-bond acceptors (Lipinski definition) is 10. The molecule has 0 aliphatic rings. The summed E-state index contributed by atoms with van der Waals surface area (Å²) in [6.07, 6.45) is 3.49. The van der Waals surface area contributed by atoms with Gasteiger partial charge in [0.15, 0.2) is 5.84 Å². The lowest BCUT2D eigenvalue weighted by molar-refractivity contribution is 0.598. The summed E-state index contributed by atoms with van der Waals surface area (Å²) in [5, 5.41) is 23.8. The summed E-state index contributed by atoms with van der Waals surface area (Å²) in [6, 6.07) is 15.4. The van der Waals surface area contributed by atoms with Crippen molar-refractivity contribution >= 4 is 45.5 Å². The Morgan fingerprint density at radius 1 is 0.943 bits per heavy atom. The topological polar surface area (TPSA) is 172 Å². The van der Waals surface area contributed by atoms with Crippen LogP contribution < -0.4 is 21.2 Å². The van der Waals surface area contributed by atoms with Crippen LogP contribution in [0.5, 0.6) is 0 Å². The molecule has 0 amide bonds. The van der Waals surface area contributed by atoms with E-state index in [1.165, 1.54) is 24.3 Å². The van der Waals surface area contributed by atoms with Gasteiger partial charge < -0.3 is 10.6 Å². The van der Waals surface area contributed by atoms with Gasteiger partial charge in [-0.05, 0) is 49.8 Å². The van der Waals surface area contributed by atoms with Gasteiger partial charge >= 0.3 is 0 Å². The third-order valence-electron chi connectivity index (χ3n) is 4.24. The van der Waals surface area contributed by atoms with Crippen molar-refractivity contribution in [3.63, 3.8) is 0 Å². The number of hydrogen-bond donors (Lipinski definition) is 4. The van der Waals surface area contributed by atoms with Crippen LogP contribution in [0, 0.1) is 0 Å². The Balaban J connectivity index is 1.88. The van der Waals surface area contributed by atoms with Crippen molar-refractivity contribution in [3.05, 3.63) is 66.2 Å². The highest BCUT2D eigenvalue weighted by molar-refractivity contribution is 7.89. The second kappa shape index (κ2) is 12.3. The minimum atomic E-state index is -3.78. The number of sulfonamides is 1. The van der Waals surface area contributed by atoms with E-state index in [1.807, 2.05) is 50.3 Å². The van der Waals surface area contributed by atoms with Gasteiger partial charge in [-0.1, -0.05) is 36.4 Å². The molecule has 3 rings (SSSR count). The lowest BCUT2D eigenvalue weighted by atomic mass is 10.2. The highest BCUT2D eigenvalue weighted by Crippen LogP contribution is 2.15. The van der Waals surface area contributed by atoms with E-state index >= 15 is 0 Å². The molecule has 0 fully saturated rings. The molecule has 2 aromatic carbocycles. The molecule has 12 nitrogen and oxygen atoms in total. The highest BCUT2D eigenvalue weighted by atomic mass is 32.2. The molecule has 35 heavy (non-hydrogen) atoms. The number of hydrazone groups is 1. The zero-order valence-corrected chi connectivity index (χ0v) is 20.1. The maximum absolute atomic E-state index is 11.4. The van der Waals surface area contributed by atoms with Gasteiger partial charge in [-0.2, -0.15) is 20.1 Å². The molecule has 0 unspecified atom stereocenters. The molecule has 0 atom stereocenters. The third kappa shape index (κ3) is 8.24. The van der Waals surface area contributed by atoms with Crippen molar-refractivity contribution in [2.75, 3.05) is 29.1 Å². The molecule has 0 saturated heterocycles. The molecule has 0 spiro atoms. The largest absolute Gasteiger partial charge is 0.354 e. The predicted octanol–water partition coefficient (Wildman–Crippen LogP) is 3.61. The molecule has 0 aliphatic heterocycles. The first-order chi connectivity index (χ1) is 16.9. The first-order valence-corrected chi connectivity index (χ1v) is 12.3. The Morgan fingerprint density at radius 3 is 2.14 bits per heavy atom. The van der Waals surface area contributed by atoms with E-state index in [-0.39, 0.29) is 16.7 Å². The van der Waals surface area contributed by atoms with Gasteiger partial charge in [-0.25, -0.2) is 13.6 Å². The van der Waals surface area contributed by atoms with Crippen molar-refractivity contribution in [1.82, 2.24) is 15.0 Å². The van der Waals surface area contributed by atoms with Crippen LogP contribution in [0.4, 0.5) is 23.5 Å². The van der Waals surface area contributed by atoms with Crippen molar-refractivity contribution in [2.24, 2.45) is 20.5 Å². The Labute approximate surface area is 203 Å². The van der Waals surface area contributed by atoms with E-state index in [4.69, 9.17) is 5.14 Å². The second-order valence-electron chi connectivity index (χ2n) is 6.94. The van der Waals surface area contributed by atoms with Gasteiger partial charge in [0.2, 0.25) is 21.9 Å². The molecule has 1 aromatic heterocycles. The van der Waals surface area contributed by atoms with Crippen LogP contribution in [0.2, 0.25) is 0 Å². The quantitative estimate of drug-likeness (QED) is 0.143. The minimum absolute atomic E-state index is 0.00117. The van der Waals surface area contributed by atoms with Gasteiger partial charge in [0.25, 0.3) is 5.95 Å². The number of primary sulfonamides is 1. The average molecular weight is 495 g/mol. The normalized spacial score (nSPS) is 12.3. The highest BCUT2D eigenvalue weighted by Gasteiger charge is 2.07. The SMILES string of the molecule is CCNc1nc(N=NC(/C=C/c2ccccc2)=N\Nc2ccc(S(N)(=O)=O)cc2)nc(NCC)n1. The molecule has 0 radical (unpaired) electrons. The minimum Gasteiger partial charge on any atom is -0.354 e. The Hall–Kier alpha value is -4.23. The molecule has 0 bridgehead atoms. The summed E-state index contributed by atoms with van der Waals surface area (Å²) < 4.78 is 22.9. The number of azo groups is 1. The Morgan fingerprint density at radius 2 is 1.57 bits per heavy atom. The maximum atomic E-state index is 11.4. The summed E-state index contributed by atoms with van der Waals surface area (Å²) in [5.74, 6) is 1.07. The average Bonchev–Trinajstić information content (AvgIpc) is 2.84. The van der Waals surface area contributed by atoms with Crippen LogP contribution in [0.15, 0.2) is 80.9 Å². The zero-order chi connectivity index (χ0) is 25.1. The first kappa shape index (κ1) is 25.4. The molecule has 0 saturated carbocycles. The van der Waals surface area contributed by atoms with Crippen LogP contribution in [0.25, 0.3) is 6.08 Å². The van der Waals surface area contributed by atoms with Gasteiger partial charge in [0, 0.05) is 13.1 Å². The Bertz CT molecular complexity index is 1280. The number of rotatable bonds is 10. The van der Waals surface area contributed by atoms with Gasteiger partial charge in [0.1, 0.15) is 0 Å². The van der Waals surface area contributed by atoms with Crippen LogP contribution in [0.3, 0.4) is 0 Å².